The van der Waals surface area contributed by atoms with Crippen molar-refractivity contribution in [3.63, 3.8) is 0 Å². The summed E-state index contributed by atoms with van der Waals surface area (Å²) in [6, 6.07) is 7.35. The number of furan rings is 1. The smallest absolute Gasteiger partial charge is 0.317 e. The summed E-state index contributed by atoms with van der Waals surface area (Å²) in [4.78, 5) is 18.5. The maximum Gasteiger partial charge on any atom is 0.317 e. The Morgan fingerprint density at radius 3 is 3.12 bits per heavy atom. The highest BCUT2D eigenvalue weighted by Gasteiger charge is 2.27. The molecule has 0 aromatic carbocycles. The third kappa shape index (κ3) is 4.35. The van der Waals surface area contributed by atoms with Crippen LogP contribution in [0.4, 0.5) is 4.79 Å². The van der Waals surface area contributed by atoms with Gasteiger partial charge in [0.15, 0.2) is 0 Å². The van der Waals surface area contributed by atoms with E-state index in [2.05, 4.69) is 10.3 Å². The van der Waals surface area contributed by atoms with Gasteiger partial charge in [0, 0.05) is 25.4 Å². The molecule has 4 rings (SSSR count). The highest BCUT2D eigenvalue weighted by Crippen LogP contribution is 2.29. The normalized spacial score (nSPS) is 20.0. The van der Waals surface area contributed by atoms with Crippen LogP contribution in [0.1, 0.15) is 30.3 Å². The van der Waals surface area contributed by atoms with Crippen molar-refractivity contribution in [2.24, 2.45) is 5.92 Å². The summed E-state index contributed by atoms with van der Waals surface area (Å²) in [6.07, 6.45) is 5.60. The molecule has 2 aliphatic rings. The Balaban J connectivity index is 1.28. The van der Waals surface area contributed by atoms with Gasteiger partial charge in [-0.15, -0.1) is 0 Å². The first-order chi connectivity index (χ1) is 12.8. The Hall–Kier alpha value is -2.54. The molecule has 7 heteroatoms. The monoisotopic (exact) mass is 357 g/mol. The summed E-state index contributed by atoms with van der Waals surface area (Å²) >= 11 is 0. The number of carbonyl (C=O) groups excluding carboxylic acids is 1. The van der Waals surface area contributed by atoms with E-state index in [1.165, 1.54) is 12.8 Å². The van der Waals surface area contributed by atoms with Crippen LogP contribution in [-0.2, 0) is 11.3 Å². The number of hydrogen-bond donors (Lipinski definition) is 1. The van der Waals surface area contributed by atoms with Crippen LogP contribution in [-0.4, -0.2) is 42.2 Å². The second kappa shape index (κ2) is 7.78. The van der Waals surface area contributed by atoms with Gasteiger partial charge >= 0.3 is 6.03 Å². The number of hydrogen-bond acceptors (Lipinski definition) is 5. The molecular weight excluding hydrogens is 334 g/mol. The first kappa shape index (κ1) is 16.9. The Kier molecular flexibility index (Phi) is 5.06. The molecule has 2 aromatic heterocycles. The fourth-order valence-electron chi connectivity index (χ4n) is 2.90. The lowest BCUT2D eigenvalue weighted by atomic mass is 10.2. The van der Waals surface area contributed by atoms with Crippen molar-refractivity contribution in [3.8, 4) is 5.88 Å². The molecule has 2 aromatic rings. The number of aromatic nitrogens is 1. The van der Waals surface area contributed by atoms with Crippen molar-refractivity contribution in [3.05, 3.63) is 48.0 Å². The van der Waals surface area contributed by atoms with E-state index in [-0.39, 0.29) is 12.1 Å². The standard InChI is InChI=1S/C19H23N3O4/c23-19(22-7-9-25-17(12-22)16-2-1-8-24-16)21-11-15-5-6-20-18(10-15)26-13-14-3-4-14/h1-2,5-6,8,10,14,17H,3-4,7,9,11-13H2,(H,21,23). The maximum absolute atomic E-state index is 12.5. The van der Waals surface area contributed by atoms with Crippen LogP contribution in [0.3, 0.4) is 0 Å². The number of urea groups is 1. The number of pyridine rings is 1. The molecule has 1 atom stereocenters. The first-order valence-electron chi connectivity index (χ1n) is 9.03. The zero-order valence-electron chi connectivity index (χ0n) is 14.6. The van der Waals surface area contributed by atoms with Crippen molar-refractivity contribution in [2.75, 3.05) is 26.3 Å². The molecule has 138 valence electrons. The Bertz CT molecular complexity index is 730. The number of morpholine rings is 1. The van der Waals surface area contributed by atoms with Crippen molar-refractivity contribution in [1.29, 1.82) is 0 Å². The van der Waals surface area contributed by atoms with E-state index in [1.54, 1.807) is 17.4 Å². The third-order valence-electron chi connectivity index (χ3n) is 4.62. The number of amides is 2. The van der Waals surface area contributed by atoms with Gasteiger partial charge < -0.3 is 24.1 Å². The zero-order chi connectivity index (χ0) is 17.8. The van der Waals surface area contributed by atoms with Gasteiger partial charge in [-0.05, 0) is 42.5 Å². The molecule has 1 N–H and O–H groups in total. The molecule has 0 bridgehead atoms. The fraction of sp³-hybridized carbons (Fsp3) is 0.474. The molecule has 1 unspecified atom stereocenters. The van der Waals surface area contributed by atoms with E-state index < -0.39 is 0 Å². The van der Waals surface area contributed by atoms with E-state index in [0.29, 0.717) is 38.0 Å². The molecule has 1 aliphatic carbocycles. The van der Waals surface area contributed by atoms with Gasteiger partial charge in [0.1, 0.15) is 11.9 Å². The van der Waals surface area contributed by atoms with Gasteiger partial charge in [-0.1, -0.05) is 0 Å². The molecule has 26 heavy (non-hydrogen) atoms. The second-order valence-corrected chi connectivity index (χ2v) is 6.74. The molecular formula is C19H23N3O4. The summed E-state index contributed by atoms with van der Waals surface area (Å²) in [5.74, 6) is 2.05. The van der Waals surface area contributed by atoms with Crippen molar-refractivity contribution in [1.82, 2.24) is 15.2 Å². The van der Waals surface area contributed by atoms with Crippen LogP contribution in [0.5, 0.6) is 5.88 Å². The third-order valence-corrected chi connectivity index (χ3v) is 4.62. The van der Waals surface area contributed by atoms with E-state index in [4.69, 9.17) is 13.9 Å². The topological polar surface area (TPSA) is 76.8 Å². The number of nitrogens with zero attached hydrogens (tertiary/aromatic N) is 2. The first-order valence-corrected chi connectivity index (χ1v) is 9.03. The van der Waals surface area contributed by atoms with E-state index in [0.717, 1.165) is 17.9 Å². The van der Waals surface area contributed by atoms with Gasteiger partial charge in [-0.2, -0.15) is 0 Å². The van der Waals surface area contributed by atoms with Crippen LogP contribution in [0.2, 0.25) is 0 Å². The largest absolute Gasteiger partial charge is 0.477 e. The van der Waals surface area contributed by atoms with Gasteiger partial charge in [0.25, 0.3) is 0 Å². The summed E-state index contributed by atoms with van der Waals surface area (Å²) in [6.45, 7) is 2.70. The van der Waals surface area contributed by atoms with Crippen LogP contribution >= 0.6 is 0 Å². The van der Waals surface area contributed by atoms with Gasteiger partial charge in [0.05, 0.1) is 26.0 Å². The Morgan fingerprint density at radius 1 is 1.38 bits per heavy atom. The van der Waals surface area contributed by atoms with Crippen molar-refractivity contribution < 1.29 is 18.7 Å². The van der Waals surface area contributed by atoms with E-state index in [1.807, 2.05) is 24.3 Å². The summed E-state index contributed by atoms with van der Waals surface area (Å²) < 4.78 is 16.8. The lowest BCUT2D eigenvalue weighted by Crippen LogP contribution is -2.46. The van der Waals surface area contributed by atoms with Crippen molar-refractivity contribution in [2.45, 2.75) is 25.5 Å². The highest BCUT2D eigenvalue weighted by atomic mass is 16.5. The molecule has 0 radical (unpaired) electrons. The maximum atomic E-state index is 12.5. The minimum absolute atomic E-state index is 0.109. The van der Waals surface area contributed by atoms with Crippen LogP contribution in [0, 0.1) is 5.92 Å². The predicted octanol–water partition coefficient (Wildman–Crippen LogP) is 2.75. The number of ether oxygens (including phenoxy) is 2. The number of rotatable bonds is 6. The molecule has 2 amide bonds. The van der Waals surface area contributed by atoms with Crippen LogP contribution < -0.4 is 10.1 Å². The average Bonchev–Trinajstić information content (AvgIpc) is 3.35. The summed E-state index contributed by atoms with van der Waals surface area (Å²) in [5, 5.41) is 2.96. The van der Waals surface area contributed by atoms with Crippen LogP contribution in [0.25, 0.3) is 0 Å². The minimum atomic E-state index is -0.215. The van der Waals surface area contributed by atoms with Gasteiger partial charge in [-0.3, -0.25) is 0 Å². The quantitative estimate of drug-likeness (QED) is 0.860. The highest BCUT2D eigenvalue weighted by molar-refractivity contribution is 5.74. The molecule has 0 spiro atoms. The molecule has 3 heterocycles. The van der Waals surface area contributed by atoms with Crippen molar-refractivity contribution >= 4 is 6.03 Å². The molecule has 2 fully saturated rings. The second-order valence-electron chi connectivity index (χ2n) is 6.74. The van der Waals surface area contributed by atoms with E-state index >= 15 is 0 Å². The Labute approximate surface area is 152 Å². The molecule has 7 nitrogen and oxygen atoms in total. The summed E-state index contributed by atoms with van der Waals surface area (Å²) in [7, 11) is 0. The molecule has 1 saturated carbocycles. The molecule has 1 aliphatic heterocycles. The lowest BCUT2D eigenvalue weighted by Gasteiger charge is -2.32. The lowest BCUT2D eigenvalue weighted by molar-refractivity contribution is -0.0260. The average molecular weight is 357 g/mol. The number of nitrogens with one attached hydrogen (secondary N) is 1. The zero-order valence-corrected chi connectivity index (χ0v) is 14.6. The van der Waals surface area contributed by atoms with Crippen LogP contribution in [0.15, 0.2) is 41.1 Å². The Morgan fingerprint density at radius 2 is 2.31 bits per heavy atom. The fourth-order valence-corrected chi connectivity index (χ4v) is 2.90. The molecule has 1 saturated heterocycles. The number of carbonyl (C=O) groups is 1. The van der Waals surface area contributed by atoms with E-state index in [9.17, 15) is 4.79 Å². The van der Waals surface area contributed by atoms with Gasteiger partial charge in [0.2, 0.25) is 5.88 Å². The SMILES string of the molecule is O=C(NCc1ccnc(OCC2CC2)c1)N1CCOC(c2ccco2)C1. The van der Waals surface area contributed by atoms with Gasteiger partial charge in [-0.25, -0.2) is 9.78 Å². The summed E-state index contributed by atoms with van der Waals surface area (Å²) in [5.41, 5.74) is 0.968. The minimum Gasteiger partial charge on any atom is -0.477 e. The predicted molar refractivity (Wildman–Crippen MR) is 93.7 cm³/mol.